The molecule has 0 unspecified atom stereocenters. The second-order valence-corrected chi connectivity index (χ2v) is 6.60. The SMILES string of the molecule is Cc1occc1C(=O)NCC(=O)NCc1ccccc1CN1CCCC1. The van der Waals surface area contributed by atoms with Crippen LogP contribution in [0.4, 0.5) is 0 Å². The fourth-order valence-corrected chi connectivity index (χ4v) is 3.20. The summed E-state index contributed by atoms with van der Waals surface area (Å²) in [5, 5.41) is 5.50. The van der Waals surface area contributed by atoms with Crippen LogP contribution in [0.3, 0.4) is 0 Å². The first-order valence-electron chi connectivity index (χ1n) is 9.01. The van der Waals surface area contributed by atoms with Crippen molar-refractivity contribution in [1.82, 2.24) is 15.5 Å². The topological polar surface area (TPSA) is 74.6 Å². The molecular weight excluding hydrogens is 330 g/mol. The molecule has 1 aromatic carbocycles. The van der Waals surface area contributed by atoms with Crippen molar-refractivity contribution in [2.24, 2.45) is 0 Å². The third-order valence-electron chi connectivity index (χ3n) is 4.70. The average Bonchev–Trinajstić information content (AvgIpc) is 3.30. The van der Waals surface area contributed by atoms with E-state index in [1.807, 2.05) is 18.2 Å². The maximum absolute atomic E-state index is 12.1. The lowest BCUT2D eigenvalue weighted by Gasteiger charge is -2.17. The molecule has 1 saturated heterocycles. The smallest absolute Gasteiger partial charge is 0.255 e. The number of rotatable bonds is 7. The molecule has 138 valence electrons. The third-order valence-corrected chi connectivity index (χ3v) is 4.70. The van der Waals surface area contributed by atoms with Gasteiger partial charge < -0.3 is 15.1 Å². The Morgan fingerprint density at radius 3 is 2.50 bits per heavy atom. The van der Waals surface area contributed by atoms with E-state index in [0.717, 1.165) is 25.2 Å². The largest absolute Gasteiger partial charge is 0.469 e. The Kier molecular flexibility index (Phi) is 6.07. The lowest BCUT2D eigenvalue weighted by atomic mass is 10.1. The Bertz CT molecular complexity index is 763. The van der Waals surface area contributed by atoms with Crippen molar-refractivity contribution in [3.8, 4) is 0 Å². The van der Waals surface area contributed by atoms with E-state index >= 15 is 0 Å². The van der Waals surface area contributed by atoms with Gasteiger partial charge in [-0.1, -0.05) is 24.3 Å². The summed E-state index contributed by atoms with van der Waals surface area (Å²) in [7, 11) is 0. The fourth-order valence-electron chi connectivity index (χ4n) is 3.20. The molecule has 0 aliphatic carbocycles. The summed E-state index contributed by atoms with van der Waals surface area (Å²) in [6, 6.07) is 9.77. The van der Waals surface area contributed by atoms with Crippen LogP contribution < -0.4 is 10.6 Å². The van der Waals surface area contributed by atoms with E-state index in [0.29, 0.717) is 17.9 Å². The van der Waals surface area contributed by atoms with E-state index in [-0.39, 0.29) is 18.4 Å². The summed E-state index contributed by atoms with van der Waals surface area (Å²) in [5.74, 6) is 0.0232. The number of furan rings is 1. The van der Waals surface area contributed by atoms with Gasteiger partial charge in [0.2, 0.25) is 5.91 Å². The van der Waals surface area contributed by atoms with Crippen LogP contribution in [0.1, 0.15) is 40.1 Å². The molecule has 6 heteroatoms. The average molecular weight is 355 g/mol. The number of hydrogen-bond acceptors (Lipinski definition) is 4. The molecule has 6 nitrogen and oxygen atoms in total. The van der Waals surface area contributed by atoms with Crippen LogP contribution in [-0.2, 0) is 17.9 Å². The minimum atomic E-state index is -0.305. The molecule has 3 rings (SSSR count). The van der Waals surface area contributed by atoms with E-state index in [2.05, 4.69) is 21.6 Å². The van der Waals surface area contributed by atoms with E-state index in [9.17, 15) is 9.59 Å². The highest BCUT2D eigenvalue weighted by Gasteiger charge is 2.15. The molecule has 26 heavy (non-hydrogen) atoms. The van der Waals surface area contributed by atoms with Gasteiger partial charge in [0.05, 0.1) is 18.4 Å². The van der Waals surface area contributed by atoms with Crippen molar-refractivity contribution < 1.29 is 14.0 Å². The van der Waals surface area contributed by atoms with Crippen molar-refractivity contribution in [2.45, 2.75) is 32.9 Å². The molecule has 2 N–H and O–H groups in total. The minimum Gasteiger partial charge on any atom is -0.469 e. The second kappa shape index (κ2) is 8.67. The Balaban J connectivity index is 1.48. The van der Waals surface area contributed by atoms with Gasteiger partial charge in [-0.15, -0.1) is 0 Å². The molecule has 0 spiro atoms. The van der Waals surface area contributed by atoms with Gasteiger partial charge in [-0.05, 0) is 50.0 Å². The summed E-state index contributed by atoms with van der Waals surface area (Å²) in [5.41, 5.74) is 2.81. The summed E-state index contributed by atoms with van der Waals surface area (Å²) >= 11 is 0. The van der Waals surface area contributed by atoms with E-state index < -0.39 is 0 Å². The number of hydrogen-bond donors (Lipinski definition) is 2. The number of amides is 2. The van der Waals surface area contributed by atoms with E-state index in [1.54, 1.807) is 13.0 Å². The lowest BCUT2D eigenvalue weighted by Crippen LogP contribution is -2.36. The molecule has 1 fully saturated rings. The molecular formula is C20H25N3O3. The highest BCUT2D eigenvalue weighted by atomic mass is 16.3. The zero-order valence-corrected chi connectivity index (χ0v) is 15.1. The van der Waals surface area contributed by atoms with Crippen molar-refractivity contribution in [2.75, 3.05) is 19.6 Å². The normalized spacial score (nSPS) is 14.3. The van der Waals surface area contributed by atoms with Crippen molar-refractivity contribution >= 4 is 11.8 Å². The molecule has 2 heterocycles. The number of aryl methyl sites for hydroxylation is 1. The number of nitrogens with one attached hydrogen (secondary N) is 2. The predicted molar refractivity (Wildman–Crippen MR) is 98.6 cm³/mol. The Labute approximate surface area is 153 Å². The van der Waals surface area contributed by atoms with Gasteiger partial charge >= 0.3 is 0 Å². The first-order valence-corrected chi connectivity index (χ1v) is 9.01. The Hall–Kier alpha value is -2.60. The summed E-state index contributed by atoms with van der Waals surface area (Å²) < 4.78 is 5.10. The molecule has 1 aliphatic heterocycles. The van der Waals surface area contributed by atoms with Crippen molar-refractivity contribution in [1.29, 1.82) is 0 Å². The number of likely N-dealkylation sites (tertiary alicyclic amines) is 1. The van der Waals surface area contributed by atoms with Crippen LogP contribution in [0.5, 0.6) is 0 Å². The first-order chi connectivity index (χ1) is 12.6. The first kappa shape index (κ1) is 18.2. The van der Waals surface area contributed by atoms with E-state index in [4.69, 9.17) is 4.42 Å². The Morgan fingerprint density at radius 2 is 1.81 bits per heavy atom. The van der Waals surface area contributed by atoms with Gasteiger partial charge in [0.1, 0.15) is 5.76 Å². The second-order valence-electron chi connectivity index (χ2n) is 6.60. The summed E-state index contributed by atoms with van der Waals surface area (Å²) in [6.45, 7) is 5.32. The van der Waals surface area contributed by atoms with Crippen LogP contribution in [0.15, 0.2) is 41.0 Å². The molecule has 1 aromatic heterocycles. The van der Waals surface area contributed by atoms with Crippen LogP contribution in [0.25, 0.3) is 0 Å². The van der Waals surface area contributed by atoms with Gasteiger partial charge in [-0.25, -0.2) is 0 Å². The van der Waals surface area contributed by atoms with Gasteiger partial charge in [0.15, 0.2) is 0 Å². The van der Waals surface area contributed by atoms with Crippen molar-refractivity contribution in [3.63, 3.8) is 0 Å². The minimum absolute atomic E-state index is 0.0578. The standard InChI is InChI=1S/C20H25N3O3/c1-15-18(8-11-26-15)20(25)22-13-19(24)21-12-16-6-2-3-7-17(16)14-23-9-4-5-10-23/h2-3,6-8,11H,4-5,9-10,12-14H2,1H3,(H,21,24)(H,22,25). The number of nitrogens with zero attached hydrogens (tertiary/aromatic N) is 1. The zero-order valence-electron chi connectivity index (χ0n) is 15.1. The fraction of sp³-hybridized carbons (Fsp3) is 0.400. The van der Waals surface area contributed by atoms with Gasteiger partial charge in [-0.3, -0.25) is 14.5 Å². The van der Waals surface area contributed by atoms with E-state index in [1.165, 1.54) is 24.7 Å². The lowest BCUT2D eigenvalue weighted by molar-refractivity contribution is -0.120. The highest BCUT2D eigenvalue weighted by molar-refractivity contribution is 5.97. The monoisotopic (exact) mass is 355 g/mol. The van der Waals surface area contributed by atoms with Crippen LogP contribution in [0.2, 0.25) is 0 Å². The van der Waals surface area contributed by atoms with Crippen LogP contribution in [-0.4, -0.2) is 36.3 Å². The molecule has 2 aromatic rings. The molecule has 0 bridgehead atoms. The maximum atomic E-state index is 12.1. The van der Waals surface area contributed by atoms with Crippen LogP contribution >= 0.6 is 0 Å². The van der Waals surface area contributed by atoms with Crippen LogP contribution in [0, 0.1) is 6.92 Å². The zero-order chi connectivity index (χ0) is 18.4. The molecule has 0 atom stereocenters. The molecule has 1 aliphatic rings. The molecule has 2 amide bonds. The number of carbonyl (C=O) groups is 2. The van der Waals surface area contributed by atoms with Crippen molar-refractivity contribution in [3.05, 3.63) is 59.0 Å². The van der Waals surface area contributed by atoms with Gasteiger partial charge in [0, 0.05) is 13.1 Å². The number of carbonyl (C=O) groups excluding carboxylic acids is 2. The quantitative estimate of drug-likeness (QED) is 0.799. The summed E-state index contributed by atoms with van der Waals surface area (Å²) in [6.07, 6.45) is 3.98. The van der Waals surface area contributed by atoms with Gasteiger partial charge in [0.25, 0.3) is 5.91 Å². The highest BCUT2D eigenvalue weighted by Crippen LogP contribution is 2.16. The third kappa shape index (κ3) is 4.73. The Morgan fingerprint density at radius 1 is 1.08 bits per heavy atom. The maximum Gasteiger partial charge on any atom is 0.255 e. The molecule has 0 radical (unpaired) electrons. The van der Waals surface area contributed by atoms with Gasteiger partial charge in [-0.2, -0.15) is 0 Å². The molecule has 0 saturated carbocycles. The summed E-state index contributed by atoms with van der Waals surface area (Å²) in [4.78, 5) is 26.5. The number of benzene rings is 1. The predicted octanol–water partition coefficient (Wildman–Crippen LogP) is 2.23.